The minimum atomic E-state index is 0. The Labute approximate surface area is 701 Å². The first kappa shape index (κ1) is 93.2. The Kier molecular flexibility index (Phi) is 51.0. The summed E-state index contributed by atoms with van der Waals surface area (Å²) < 4.78 is 5.80. The van der Waals surface area contributed by atoms with E-state index in [1.807, 2.05) is 54.6 Å². The summed E-state index contributed by atoms with van der Waals surface area (Å²) in [4.78, 5) is 4.36. The Morgan fingerprint density at radius 2 is 0.631 bits per heavy atom. The van der Waals surface area contributed by atoms with Crippen LogP contribution in [0.5, 0.6) is 11.5 Å². The number of hydrogen-bond acceptors (Lipinski definition) is 2. The summed E-state index contributed by atoms with van der Waals surface area (Å²) in [6.07, 6.45) is 9.74. The molecule has 0 aliphatic heterocycles. The van der Waals surface area contributed by atoms with Crippen LogP contribution in [0.4, 0.5) is 0 Å². The quantitative estimate of drug-likeness (QED) is 0.0631. The average molecular weight is 1980 g/mol. The molecule has 0 radical (unpaired) electrons. The van der Waals surface area contributed by atoms with Crippen molar-refractivity contribution >= 4 is 166 Å². The summed E-state index contributed by atoms with van der Waals surface area (Å²) in [6.45, 7) is 17.4. The van der Waals surface area contributed by atoms with Crippen molar-refractivity contribution in [2.75, 3.05) is 0 Å². The second kappa shape index (κ2) is 56.3. The number of nitrogens with zero attached hydrogens (tertiary/aromatic N) is 1. The Morgan fingerprint density at radius 1 is 0.262 bits per heavy atom. The molecule has 103 heavy (non-hydrogen) atoms. The monoisotopic (exact) mass is 1970 g/mol. The summed E-state index contributed by atoms with van der Waals surface area (Å²) >= 11 is 37.0. The van der Waals surface area contributed by atoms with Crippen molar-refractivity contribution in [1.29, 1.82) is 0 Å². The maximum absolute atomic E-state index is 5.80. The largest absolute Gasteiger partial charge is 0.457 e. The minimum absolute atomic E-state index is 0. The number of aromatic nitrogens is 1. The third-order valence-corrected chi connectivity index (χ3v) is 22.5. The molecule has 0 aliphatic carbocycles. The number of hydrogen-bond donors (Lipinski definition) is 0. The summed E-state index contributed by atoms with van der Waals surface area (Å²) in [5.41, 5.74) is 27.0. The Hall–Kier alpha value is -3.98. The van der Waals surface area contributed by atoms with Gasteiger partial charge in [-0.1, -0.05) is 406 Å². The normalized spacial score (nSPS) is 10.1. The van der Waals surface area contributed by atoms with E-state index in [2.05, 4.69) is 386 Å². The topological polar surface area (TPSA) is 22.1 Å². The highest BCUT2D eigenvalue weighted by atomic mass is 79.9. The zero-order valence-electron chi connectivity index (χ0n) is 60.6. The Bertz CT molecular complexity index is 3690. The van der Waals surface area contributed by atoms with Gasteiger partial charge in [-0.15, -0.1) is 11.6 Å². The lowest BCUT2D eigenvalue weighted by Crippen LogP contribution is -1.96. The first-order chi connectivity index (χ1) is 49.7. The molecule has 11 rings (SSSR count). The number of benzene rings is 10. The van der Waals surface area contributed by atoms with Crippen LogP contribution in [0, 0.1) is 0 Å². The van der Waals surface area contributed by atoms with Crippen molar-refractivity contribution < 1.29 is 4.74 Å². The van der Waals surface area contributed by atoms with Gasteiger partial charge in [0.05, 0.1) is 5.69 Å². The van der Waals surface area contributed by atoms with E-state index in [0.29, 0.717) is 5.88 Å². The second-order valence-corrected chi connectivity index (χ2v) is 29.0. The van der Waals surface area contributed by atoms with Crippen molar-refractivity contribution in [3.63, 3.8) is 0 Å². The molecule has 0 saturated carbocycles. The zero-order valence-corrected chi connectivity index (χ0v) is 75.6. The van der Waals surface area contributed by atoms with E-state index in [9.17, 15) is 0 Å². The third kappa shape index (κ3) is 34.9. The molecule has 0 atom stereocenters. The van der Waals surface area contributed by atoms with Crippen LogP contribution in [-0.2, 0) is 112 Å². The fraction of sp³-hybridized carbons (Fsp3) is 0.308. The molecule has 550 valence electrons. The van der Waals surface area contributed by atoms with Gasteiger partial charge in [0, 0.05) is 59.5 Å². The summed E-state index contributed by atoms with van der Waals surface area (Å²) in [7, 11) is 0. The molecule has 0 spiro atoms. The third-order valence-electron chi connectivity index (χ3n) is 16.6. The van der Waals surface area contributed by atoms with Gasteiger partial charge < -0.3 is 4.74 Å². The molecule has 0 N–H and O–H groups in total. The van der Waals surface area contributed by atoms with Crippen LogP contribution < -0.4 is 4.74 Å². The van der Waals surface area contributed by atoms with E-state index in [4.69, 9.17) is 16.3 Å². The summed E-state index contributed by atoms with van der Waals surface area (Å²) in [5.74, 6) is 2.21. The summed E-state index contributed by atoms with van der Waals surface area (Å²) in [6, 6.07) is 83.2. The highest BCUT2D eigenvalue weighted by Crippen LogP contribution is 2.28. The molecule has 0 unspecified atom stereocenters. The number of ether oxygens (including phenoxy) is 1. The van der Waals surface area contributed by atoms with Gasteiger partial charge in [-0.25, -0.2) is 0 Å². The van der Waals surface area contributed by atoms with Crippen LogP contribution in [0.3, 0.4) is 0 Å². The number of pyridine rings is 1. The van der Waals surface area contributed by atoms with Gasteiger partial charge in [0.2, 0.25) is 0 Å². The number of fused-ring (bicyclic) bond motifs is 1. The van der Waals surface area contributed by atoms with E-state index in [1.165, 1.54) is 105 Å². The standard InChI is InChI=1S/C16H17Br.C15H15ClO.C13H13Br.C11H13Br3.3C9H11Br.C8H10BrN.CH4/c1-2-13-5-3-6-14(9-13)10-15-7-4-8-16(11-15)12-17;1-2-12-5-3-7-14(9-12)17-15-8-4-6-13(10-15)11-16;1-2-10-5-3-6-11-7-4-8-12(9-14)13(10)11;1-2-8-3-10(6-13)11(7-14)4-9(8)5-12;1-2-8-3-5-9(7-10)6-4-8;1-2-8-4-3-5-9(6-8)7-10;1-2-8-5-3-4-6-9(8)7-10;1-2-7-4-3-5-8(6-9)10-7;/h3-9,11H,2,10,12H2,1H3;3-10H,2,11H2,1H3;3-8H,2,9H2,1H3;3-4H,2,5-7H2,1H3;3*3-6H,2,7H2,1H3;3-5H,2,6H2,1H3;1H4. The van der Waals surface area contributed by atoms with Crippen LogP contribution in [0.15, 0.2) is 237 Å². The van der Waals surface area contributed by atoms with Crippen LogP contribution in [0.1, 0.15) is 174 Å². The SMILES string of the molecule is C.CCc1cc(CBr)c(CBr)cc1CBr.CCc1ccc(CBr)cc1.CCc1cccc(CBr)c1.CCc1cccc(CBr)n1.CCc1cccc(Cc2cccc(CBr)c2)c1.CCc1cccc(Oc2cccc(CCl)c2)c1.CCc1cccc2cccc(CBr)c12.CCc1ccccc1CBr. The predicted molar refractivity (Wildman–Crippen MR) is 488 cm³/mol. The number of rotatable bonds is 22. The molecular weight excluding hydrogens is 1880 g/mol. The van der Waals surface area contributed by atoms with Gasteiger partial charge in [0.15, 0.2) is 0 Å². The van der Waals surface area contributed by atoms with Crippen molar-refractivity contribution in [2.24, 2.45) is 0 Å². The molecule has 10 aromatic carbocycles. The fourth-order valence-electron chi connectivity index (χ4n) is 10.7. The van der Waals surface area contributed by atoms with E-state index in [0.717, 1.165) is 134 Å². The van der Waals surface area contributed by atoms with Crippen molar-refractivity contribution in [1.82, 2.24) is 4.98 Å². The molecule has 11 aromatic rings. The summed E-state index contributed by atoms with van der Waals surface area (Å²) in [5, 5.41) is 11.2. The Morgan fingerprint density at radius 3 is 1.09 bits per heavy atom. The van der Waals surface area contributed by atoms with Crippen molar-refractivity contribution in [3.8, 4) is 11.5 Å². The number of aryl methyl sites for hydroxylation is 8. The second-order valence-electron chi connectivity index (χ2n) is 23.7. The molecule has 0 saturated heterocycles. The van der Waals surface area contributed by atoms with Crippen LogP contribution in [-0.4, -0.2) is 4.98 Å². The maximum Gasteiger partial charge on any atom is 0.127 e. The molecule has 0 amide bonds. The van der Waals surface area contributed by atoms with Gasteiger partial charge >= 0.3 is 0 Å². The van der Waals surface area contributed by atoms with Crippen molar-refractivity contribution in [3.05, 3.63) is 348 Å². The first-order valence-electron chi connectivity index (χ1n) is 35.1. The van der Waals surface area contributed by atoms with Gasteiger partial charge in [-0.3, -0.25) is 4.98 Å². The number of alkyl halides is 10. The Balaban J connectivity index is 0.000000308. The van der Waals surface area contributed by atoms with E-state index < -0.39 is 0 Å². The average Bonchev–Trinajstić information content (AvgIpc) is 0.814. The molecule has 1 heterocycles. The molecule has 0 bridgehead atoms. The molecule has 0 fully saturated rings. The molecular formula is C91H105Br9ClNO. The van der Waals surface area contributed by atoms with E-state index in [-0.39, 0.29) is 7.43 Å². The van der Waals surface area contributed by atoms with Gasteiger partial charge in [0.25, 0.3) is 0 Å². The lowest BCUT2D eigenvalue weighted by atomic mass is 9.99. The molecule has 12 heteroatoms. The van der Waals surface area contributed by atoms with Gasteiger partial charge in [0.1, 0.15) is 11.5 Å². The van der Waals surface area contributed by atoms with Gasteiger partial charge in [-0.05, 0) is 205 Å². The smallest absolute Gasteiger partial charge is 0.127 e. The van der Waals surface area contributed by atoms with E-state index in [1.54, 1.807) is 0 Å². The minimum Gasteiger partial charge on any atom is -0.457 e. The van der Waals surface area contributed by atoms with Gasteiger partial charge in [-0.2, -0.15) is 0 Å². The van der Waals surface area contributed by atoms with E-state index >= 15 is 0 Å². The van der Waals surface area contributed by atoms with Crippen molar-refractivity contribution in [2.45, 2.75) is 174 Å². The lowest BCUT2D eigenvalue weighted by Gasteiger charge is -2.11. The zero-order chi connectivity index (χ0) is 74.3. The molecule has 2 nitrogen and oxygen atoms in total. The highest BCUT2D eigenvalue weighted by Gasteiger charge is 2.08. The first-order valence-corrected chi connectivity index (χ1v) is 45.8. The lowest BCUT2D eigenvalue weighted by molar-refractivity contribution is 0.481. The molecule has 1 aromatic heterocycles. The predicted octanol–water partition coefficient (Wildman–Crippen LogP) is 31.4. The number of halogens is 10. The van der Waals surface area contributed by atoms with Crippen LogP contribution >= 0.6 is 155 Å². The molecule has 0 aliphatic rings. The van der Waals surface area contributed by atoms with Crippen LogP contribution in [0.25, 0.3) is 10.8 Å². The highest BCUT2D eigenvalue weighted by molar-refractivity contribution is 9.09. The van der Waals surface area contributed by atoms with Crippen LogP contribution in [0.2, 0.25) is 0 Å². The fourth-order valence-corrected chi connectivity index (χ4v) is 14.8. The maximum atomic E-state index is 5.80.